The second-order valence-corrected chi connectivity index (χ2v) is 4.74. The molecule has 16 heavy (non-hydrogen) atoms. The predicted octanol–water partition coefficient (Wildman–Crippen LogP) is 3.28. The van der Waals surface area contributed by atoms with Gasteiger partial charge in [-0.3, -0.25) is 0 Å². The molecule has 0 aliphatic heterocycles. The van der Waals surface area contributed by atoms with Crippen molar-refractivity contribution in [1.82, 2.24) is 4.98 Å². The number of aromatic nitrogens is 1. The number of halogens is 1. The van der Waals surface area contributed by atoms with Crippen molar-refractivity contribution in [3.8, 4) is 10.6 Å². The molecule has 1 unspecified atom stereocenters. The van der Waals surface area contributed by atoms with E-state index in [4.69, 9.17) is 5.73 Å². The van der Waals surface area contributed by atoms with Gasteiger partial charge in [-0.15, -0.1) is 11.3 Å². The van der Waals surface area contributed by atoms with Gasteiger partial charge in [0.1, 0.15) is 10.8 Å². The molecule has 1 aromatic heterocycles. The van der Waals surface area contributed by atoms with Gasteiger partial charge in [0.25, 0.3) is 0 Å². The minimum atomic E-state index is -0.229. The zero-order chi connectivity index (χ0) is 11.7. The van der Waals surface area contributed by atoms with Crippen LogP contribution in [0.4, 0.5) is 4.39 Å². The van der Waals surface area contributed by atoms with E-state index in [0.717, 1.165) is 21.8 Å². The van der Waals surface area contributed by atoms with Gasteiger partial charge in [-0.05, 0) is 37.6 Å². The Labute approximate surface area is 97.9 Å². The van der Waals surface area contributed by atoms with E-state index in [2.05, 4.69) is 4.98 Å². The van der Waals surface area contributed by atoms with Crippen molar-refractivity contribution in [2.45, 2.75) is 19.9 Å². The fraction of sp³-hybridized carbons (Fsp3) is 0.250. The molecule has 0 radical (unpaired) electrons. The molecule has 0 amide bonds. The van der Waals surface area contributed by atoms with Crippen molar-refractivity contribution >= 4 is 11.3 Å². The molecule has 1 heterocycles. The summed E-state index contributed by atoms with van der Waals surface area (Å²) in [7, 11) is 0. The maximum atomic E-state index is 13.2. The normalized spacial score (nSPS) is 12.8. The quantitative estimate of drug-likeness (QED) is 0.869. The van der Waals surface area contributed by atoms with E-state index in [0.29, 0.717) is 0 Å². The molecule has 1 aromatic carbocycles. The zero-order valence-corrected chi connectivity index (χ0v) is 10.0. The van der Waals surface area contributed by atoms with Gasteiger partial charge in [0, 0.05) is 17.0 Å². The highest BCUT2D eigenvalue weighted by molar-refractivity contribution is 7.13. The van der Waals surface area contributed by atoms with Crippen LogP contribution in [0.1, 0.15) is 24.2 Å². The highest BCUT2D eigenvalue weighted by Gasteiger charge is 2.08. The third-order valence-electron chi connectivity index (χ3n) is 2.28. The van der Waals surface area contributed by atoms with Gasteiger partial charge in [0.05, 0.1) is 5.69 Å². The molecule has 0 fully saturated rings. The van der Waals surface area contributed by atoms with Crippen LogP contribution in [-0.4, -0.2) is 4.98 Å². The molecule has 2 aromatic rings. The maximum Gasteiger partial charge on any atom is 0.124 e. The van der Waals surface area contributed by atoms with Crippen molar-refractivity contribution in [2.75, 3.05) is 0 Å². The molecular formula is C12H13FN2S. The lowest BCUT2D eigenvalue weighted by molar-refractivity contribution is 0.627. The van der Waals surface area contributed by atoms with E-state index in [1.165, 1.54) is 23.5 Å². The number of aryl methyl sites for hydroxylation is 1. The van der Waals surface area contributed by atoms with Crippen LogP contribution < -0.4 is 5.73 Å². The molecule has 0 saturated carbocycles. The maximum absolute atomic E-state index is 13.2. The smallest absolute Gasteiger partial charge is 0.124 e. The van der Waals surface area contributed by atoms with E-state index < -0.39 is 0 Å². The van der Waals surface area contributed by atoms with E-state index >= 15 is 0 Å². The fourth-order valence-electron chi connectivity index (χ4n) is 1.49. The summed E-state index contributed by atoms with van der Waals surface area (Å²) in [6.45, 7) is 3.75. The third kappa shape index (κ3) is 2.28. The summed E-state index contributed by atoms with van der Waals surface area (Å²) in [4.78, 5) is 4.39. The minimum absolute atomic E-state index is 0.0837. The predicted molar refractivity (Wildman–Crippen MR) is 64.8 cm³/mol. The molecular weight excluding hydrogens is 223 g/mol. The zero-order valence-electron chi connectivity index (χ0n) is 9.20. The number of nitrogens with zero attached hydrogens (tertiary/aromatic N) is 1. The first-order chi connectivity index (χ1) is 7.56. The van der Waals surface area contributed by atoms with E-state index in [9.17, 15) is 4.39 Å². The molecule has 0 aliphatic rings. The summed E-state index contributed by atoms with van der Waals surface area (Å²) >= 11 is 1.49. The molecule has 2 nitrogen and oxygen atoms in total. The highest BCUT2D eigenvalue weighted by atomic mass is 32.1. The molecule has 84 valence electrons. The van der Waals surface area contributed by atoms with Crippen LogP contribution >= 0.6 is 11.3 Å². The van der Waals surface area contributed by atoms with E-state index in [-0.39, 0.29) is 11.9 Å². The number of rotatable bonds is 2. The monoisotopic (exact) mass is 236 g/mol. The highest BCUT2D eigenvalue weighted by Crippen LogP contribution is 2.26. The Morgan fingerprint density at radius 2 is 2.12 bits per heavy atom. The van der Waals surface area contributed by atoms with Crippen molar-refractivity contribution in [1.29, 1.82) is 0 Å². The van der Waals surface area contributed by atoms with E-state index in [1.807, 2.05) is 25.3 Å². The van der Waals surface area contributed by atoms with Gasteiger partial charge in [0.2, 0.25) is 0 Å². The second-order valence-electron chi connectivity index (χ2n) is 3.88. The minimum Gasteiger partial charge on any atom is -0.323 e. The first-order valence-electron chi connectivity index (χ1n) is 5.05. The Kier molecular flexibility index (Phi) is 3.03. The average molecular weight is 236 g/mol. The first kappa shape index (κ1) is 11.2. The Bertz CT molecular complexity index is 485. The van der Waals surface area contributed by atoms with Crippen LogP contribution in [-0.2, 0) is 0 Å². The van der Waals surface area contributed by atoms with Crippen molar-refractivity contribution < 1.29 is 4.39 Å². The summed E-state index contributed by atoms with van der Waals surface area (Å²) in [5.41, 5.74) is 8.29. The standard InChI is InChI=1S/C12H13FN2S/c1-7-3-9(5-10(13)4-7)12-15-11(6-16-12)8(2)14/h3-6,8H,14H2,1-2H3. The number of thiazole rings is 1. The third-order valence-corrected chi connectivity index (χ3v) is 3.19. The molecule has 1 atom stereocenters. The van der Waals surface area contributed by atoms with Gasteiger partial charge in [0.15, 0.2) is 0 Å². The van der Waals surface area contributed by atoms with Gasteiger partial charge < -0.3 is 5.73 Å². The van der Waals surface area contributed by atoms with Crippen LogP contribution in [0.3, 0.4) is 0 Å². The topological polar surface area (TPSA) is 38.9 Å². The summed E-state index contributed by atoms with van der Waals surface area (Å²) in [5.74, 6) is -0.229. The largest absolute Gasteiger partial charge is 0.323 e. The molecule has 2 N–H and O–H groups in total. The molecule has 0 bridgehead atoms. The fourth-order valence-corrected chi connectivity index (χ4v) is 2.40. The van der Waals surface area contributed by atoms with E-state index in [1.54, 1.807) is 0 Å². The summed E-state index contributed by atoms with van der Waals surface area (Å²) < 4.78 is 13.2. The average Bonchev–Trinajstić information content (AvgIpc) is 2.64. The van der Waals surface area contributed by atoms with Crippen molar-refractivity contribution in [2.24, 2.45) is 5.73 Å². The number of benzene rings is 1. The lowest BCUT2D eigenvalue weighted by atomic mass is 10.1. The molecule has 0 spiro atoms. The Hall–Kier alpha value is -1.26. The Balaban J connectivity index is 2.42. The van der Waals surface area contributed by atoms with Crippen LogP contribution in [0.15, 0.2) is 23.6 Å². The van der Waals surface area contributed by atoms with Crippen LogP contribution in [0, 0.1) is 12.7 Å². The molecule has 0 aliphatic carbocycles. The summed E-state index contributed by atoms with van der Waals surface area (Å²) in [6.07, 6.45) is 0. The Morgan fingerprint density at radius 1 is 1.38 bits per heavy atom. The summed E-state index contributed by atoms with van der Waals surface area (Å²) in [6, 6.07) is 4.84. The lowest BCUT2D eigenvalue weighted by Gasteiger charge is -2.00. The van der Waals surface area contributed by atoms with Crippen LogP contribution in [0.25, 0.3) is 10.6 Å². The number of hydrogen-bond acceptors (Lipinski definition) is 3. The van der Waals surface area contributed by atoms with Crippen molar-refractivity contribution in [3.63, 3.8) is 0 Å². The van der Waals surface area contributed by atoms with Gasteiger partial charge >= 0.3 is 0 Å². The van der Waals surface area contributed by atoms with Crippen LogP contribution in [0.5, 0.6) is 0 Å². The summed E-state index contributed by atoms with van der Waals surface area (Å²) in [5, 5.41) is 2.73. The first-order valence-corrected chi connectivity index (χ1v) is 5.93. The van der Waals surface area contributed by atoms with Gasteiger partial charge in [-0.2, -0.15) is 0 Å². The van der Waals surface area contributed by atoms with Gasteiger partial charge in [-0.1, -0.05) is 0 Å². The molecule has 0 saturated heterocycles. The van der Waals surface area contributed by atoms with Gasteiger partial charge in [-0.25, -0.2) is 9.37 Å². The second kappa shape index (κ2) is 4.31. The van der Waals surface area contributed by atoms with Crippen LogP contribution in [0.2, 0.25) is 0 Å². The number of hydrogen-bond donors (Lipinski definition) is 1. The number of nitrogens with two attached hydrogens (primary N) is 1. The Morgan fingerprint density at radius 3 is 2.69 bits per heavy atom. The van der Waals surface area contributed by atoms with Crippen molar-refractivity contribution in [3.05, 3.63) is 40.7 Å². The lowest BCUT2D eigenvalue weighted by Crippen LogP contribution is -2.04. The molecule has 4 heteroatoms. The molecule has 2 rings (SSSR count). The SMILES string of the molecule is Cc1cc(F)cc(-c2nc(C(C)N)cs2)c1.